The number of aryl methyl sites for hydroxylation is 1. The second-order valence-corrected chi connectivity index (χ2v) is 5.98. The number of hydrogen-bond donors (Lipinski definition) is 1. The Hall–Kier alpha value is -1.68. The molecule has 0 atom stereocenters. The summed E-state index contributed by atoms with van der Waals surface area (Å²) in [5, 5.41) is 15.8. The second-order valence-electron chi connectivity index (χ2n) is 5.98. The highest BCUT2D eigenvalue weighted by Crippen LogP contribution is 2.39. The first-order valence-corrected chi connectivity index (χ1v) is 7.15. The molecular formula is C16H20N2O2. The van der Waals surface area contributed by atoms with Gasteiger partial charge in [-0.3, -0.25) is 9.48 Å². The van der Waals surface area contributed by atoms with Gasteiger partial charge < -0.3 is 5.11 Å². The summed E-state index contributed by atoms with van der Waals surface area (Å²) >= 11 is 0. The van der Waals surface area contributed by atoms with Crippen LogP contribution in [0.15, 0.2) is 24.4 Å². The summed E-state index contributed by atoms with van der Waals surface area (Å²) in [4.78, 5) is 11.5. The molecule has 4 nitrogen and oxygen atoms in total. The monoisotopic (exact) mass is 272 g/mol. The molecule has 1 heterocycles. The van der Waals surface area contributed by atoms with Gasteiger partial charge in [0.15, 0.2) is 5.78 Å². The molecule has 2 aromatic rings. The molecule has 0 aliphatic heterocycles. The van der Waals surface area contributed by atoms with Crippen molar-refractivity contribution in [3.63, 3.8) is 0 Å². The molecular weight excluding hydrogens is 252 g/mol. The summed E-state index contributed by atoms with van der Waals surface area (Å²) in [6, 6.07) is 6.36. The topological polar surface area (TPSA) is 55.1 Å². The second kappa shape index (κ2) is 4.70. The van der Waals surface area contributed by atoms with Gasteiger partial charge in [0.05, 0.1) is 5.52 Å². The summed E-state index contributed by atoms with van der Waals surface area (Å²) in [5.74, 6) is 0.331. The van der Waals surface area contributed by atoms with E-state index in [4.69, 9.17) is 0 Å². The lowest BCUT2D eigenvalue weighted by Gasteiger charge is -2.34. The number of benzene rings is 1. The number of rotatable bonds is 2. The maximum atomic E-state index is 11.5. The number of nitrogens with zero attached hydrogens (tertiary/aromatic N) is 2. The normalized spacial score (nSPS) is 26.9. The Morgan fingerprint density at radius 2 is 2.10 bits per heavy atom. The van der Waals surface area contributed by atoms with Crippen LogP contribution in [0.1, 0.15) is 44.1 Å². The first-order valence-electron chi connectivity index (χ1n) is 7.15. The Morgan fingerprint density at radius 1 is 1.40 bits per heavy atom. The van der Waals surface area contributed by atoms with Gasteiger partial charge >= 0.3 is 0 Å². The van der Waals surface area contributed by atoms with Gasteiger partial charge in [0.1, 0.15) is 5.60 Å². The summed E-state index contributed by atoms with van der Waals surface area (Å²) < 4.78 is 1.82. The van der Waals surface area contributed by atoms with E-state index in [1.54, 1.807) is 0 Å². The van der Waals surface area contributed by atoms with Crippen LogP contribution in [0.5, 0.6) is 0 Å². The molecule has 20 heavy (non-hydrogen) atoms. The fourth-order valence-electron chi connectivity index (χ4n) is 3.20. The van der Waals surface area contributed by atoms with Crippen LogP contribution in [0.2, 0.25) is 0 Å². The van der Waals surface area contributed by atoms with Gasteiger partial charge in [0.2, 0.25) is 0 Å². The Balaban J connectivity index is 1.81. The van der Waals surface area contributed by atoms with Gasteiger partial charge in [0.25, 0.3) is 0 Å². The molecule has 0 radical (unpaired) electrons. The molecule has 0 spiro atoms. The summed E-state index contributed by atoms with van der Waals surface area (Å²) in [5.41, 5.74) is 1.21. The van der Waals surface area contributed by atoms with Gasteiger partial charge in [0, 0.05) is 18.6 Å². The van der Waals surface area contributed by atoms with E-state index in [2.05, 4.69) is 23.3 Å². The van der Waals surface area contributed by atoms with E-state index < -0.39 is 5.60 Å². The number of Topliss-reactive ketones (excluding diaryl/α,β-unsaturated/α-hetero) is 1. The van der Waals surface area contributed by atoms with Crippen LogP contribution < -0.4 is 0 Å². The van der Waals surface area contributed by atoms with Crippen LogP contribution in [0.3, 0.4) is 0 Å². The van der Waals surface area contributed by atoms with Crippen molar-refractivity contribution in [1.29, 1.82) is 0 Å². The minimum absolute atomic E-state index is 0.0985. The molecule has 1 saturated carbocycles. The SMILES string of the molecule is CC(=O)C1(O)CCC(c2ccc3nn(C)cc3c2)CC1. The lowest BCUT2D eigenvalue weighted by Crippen LogP contribution is -2.40. The van der Waals surface area contributed by atoms with Gasteiger partial charge in [-0.2, -0.15) is 5.10 Å². The van der Waals surface area contributed by atoms with E-state index in [0.29, 0.717) is 18.8 Å². The fourth-order valence-corrected chi connectivity index (χ4v) is 3.20. The van der Waals surface area contributed by atoms with E-state index in [1.165, 1.54) is 12.5 Å². The molecule has 1 aliphatic rings. The van der Waals surface area contributed by atoms with Gasteiger partial charge in [-0.1, -0.05) is 6.07 Å². The number of hydrogen-bond acceptors (Lipinski definition) is 3. The highest BCUT2D eigenvalue weighted by atomic mass is 16.3. The summed E-state index contributed by atoms with van der Waals surface area (Å²) in [7, 11) is 1.92. The number of aromatic nitrogens is 2. The number of carbonyl (C=O) groups excluding carboxylic acids is 1. The molecule has 4 heteroatoms. The third kappa shape index (κ3) is 2.24. The maximum absolute atomic E-state index is 11.5. The van der Waals surface area contributed by atoms with Crippen molar-refractivity contribution in [2.24, 2.45) is 7.05 Å². The standard InChI is InChI=1S/C16H20N2O2/c1-11(19)16(20)7-5-12(6-8-16)13-3-4-15-14(9-13)10-18(2)17-15/h3-4,9-10,12,20H,5-8H2,1-2H3. The molecule has 106 valence electrons. The molecule has 1 N–H and O–H groups in total. The molecule has 0 unspecified atom stereocenters. The van der Waals surface area contributed by atoms with Crippen molar-refractivity contribution >= 4 is 16.7 Å². The molecule has 1 aliphatic carbocycles. The molecule has 0 amide bonds. The van der Waals surface area contributed by atoms with Crippen molar-refractivity contribution in [1.82, 2.24) is 9.78 Å². The van der Waals surface area contributed by atoms with E-state index >= 15 is 0 Å². The number of carbonyl (C=O) groups is 1. The summed E-state index contributed by atoms with van der Waals surface area (Å²) in [6.07, 6.45) is 4.88. The van der Waals surface area contributed by atoms with E-state index in [1.807, 2.05) is 17.9 Å². The minimum Gasteiger partial charge on any atom is -0.382 e. The average molecular weight is 272 g/mol. The number of ketones is 1. The smallest absolute Gasteiger partial charge is 0.161 e. The van der Waals surface area contributed by atoms with Crippen molar-refractivity contribution in [3.8, 4) is 0 Å². The fraction of sp³-hybridized carbons (Fsp3) is 0.500. The zero-order chi connectivity index (χ0) is 14.3. The summed E-state index contributed by atoms with van der Waals surface area (Å²) in [6.45, 7) is 1.49. The predicted octanol–water partition coefficient (Wildman–Crippen LogP) is 2.55. The lowest BCUT2D eigenvalue weighted by atomic mass is 9.74. The molecule has 0 bridgehead atoms. The van der Waals surface area contributed by atoms with Gasteiger partial charge in [-0.25, -0.2) is 0 Å². The van der Waals surface area contributed by atoms with Crippen LogP contribution >= 0.6 is 0 Å². The minimum atomic E-state index is -1.09. The highest BCUT2D eigenvalue weighted by molar-refractivity contribution is 5.84. The molecule has 1 aromatic heterocycles. The first-order chi connectivity index (χ1) is 9.48. The largest absolute Gasteiger partial charge is 0.382 e. The van der Waals surface area contributed by atoms with Crippen LogP contribution in [0.25, 0.3) is 10.9 Å². The van der Waals surface area contributed by atoms with Crippen LogP contribution in [-0.2, 0) is 11.8 Å². The molecule has 3 rings (SSSR count). The van der Waals surface area contributed by atoms with Gasteiger partial charge in [-0.15, -0.1) is 0 Å². The van der Waals surface area contributed by atoms with Gasteiger partial charge in [-0.05, 0) is 56.2 Å². The third-order valence-corrected chi connectivity index (χ3v) is 4.58. The Morgan fingerprint density at radius 3 is 2.75 bits per heavy atom. The lowest BCUT2D eigenvalue weighted by molar-refractivity contribution is -0.138. The van der Waals surface area contributed by atoms with E-state index in [-0.39, 0.29) is 5.78 Å². The third-order valence-electron chi connectivity index (χ3n) is 4.58. The Labute approximate surface area is 118 Å². The molecule has 1 fully saturated rings. The zero-order valence-electron chi connectivity index (χ0n) is 12.0. The number of aliphatic hydroxyl groups is 1. The Kier molecular flexibility index (Phi) is 3.13. The van der Waals surface area contributed by atoms with Crippen molar-refractivity contribution < 1.29 is 9.90 Å². The van der Waals surface area contributed by atoms with Crippen molar-refractivity contribution in [2.75, 3.05) is 0 Å². The van der Waals surface area contributed by atoms with E-state index in [9.17, 15) is 9.90 Å². The zero-order valence-corrected chi connectivity index (χ0v) is 12.0. The highest BCUT2D eigenvalue weighted by Gasteiger charge is 2.37. The Bertz CT molecular complexity index is 652. The predicted molar refractivity (Wildman–Crippen MR) is 77.6 cm³/mol. The average Bonchev–Trinajstić information content (AvgIpc) is 2.78. The maximum Gasteiger partial charge on any atom is 0.161 e. The number of fused-ring (bicyclic) bond motifs is 1. The van der Waals surface area contributed by atoms with E-state index in [0.717, 1.165) is 23.7 Å². The van der Waals surface area contributed by atoms with Crippen molar-refractivity contribution in [3.05, 3.63) is 30.0 Å². The van der Waals surface area contributed by atoms with Crippen LogP contribution in [-0.4, -0.2) is 26.3 Å². The molecule has 0 saturated heterocycles. The van der Waals surface area contributed by atoms with Crippen LogP contribution in [0, 0.1) is 0 Å². The quantitative estimate of drug-likeness (QED) is 0.914. The molecule has 1 aromatic carbocycles. The van der Waals surface area contributed by atoms with Crippen molar-refractivity contribution in [2.45, 2.75) is 44.1 Å². The van der Waals surface area contributed by atoms with Crippen LogP contribution in [0.4, 0.5) is 0 Å². The first kappa shape index (κ1) is 13.3.